The standard InChI is InChI=1S/C18H26O5/c1-6-17(2,3)16(20)23-12-11-22-14-9-7-13(8-10-14)15(19)18(4,5)21/h7-10,21H,6,11-12H2,1-5H3. The SMILES string of the molecule is CCC(C)(C)C(=O)OCCOc1ccc(C(=O)C(C)(C)O)cc1. The predicted octanol–water partition coefficient (Wildman–Crippen LogP) is 3.00. The van der Waals surface area contributed by atoms with Gasteiger partial charge in [-0.2, -0.15) is 0 Å². The van der Waals surface area contributed by atoms with Crippen molar-refractivity contribution in [2.24, 2.45) is 5.41 Å². The molecule has 0 saturated heterocycles. The second-order valence-corrected chi connectivity index (χ2v) is 6.63. The van der Waals surface area contributed by atoms with E-state index in [1.54, 1.807) is 24.3 Å². The molecule has 0 unspecified atom stereocenters. The van der Waals surface area contributed by atoms with E-state index < -0.39 is 11.0 Å². The largest absolute Gasteiger partial charge is 0.490 e. The van der Waals surface area contributed by atoms with E-state index in [-0.39, 0.29) is 25.0 Å². The van der Waals surface area contributed by atoms with Crippen molar-refractivity contribution in [1.29, 1.82) is 0 Å². The van der Waals surface area contributed by atoms with E-state index in [4.69, 9.17) is 9.47 Å². The summed E-state index contributed by atoms with van der Waals surface area (Å²) in [4.78, 5) is 23.7. The van der Waals surface area contributed by atoms with Gasteiger partial charge < -0.3 is 14.6 Å². The molecule has 1 N–H and O–H groups in total. The minimum absolute atomic E-state index is 0.173. The molecule has 0 spiro atoms. The number of carbonyl (C=O) groups excluding carboxylic acids is 2. The predicted molar refractivity (Wildman–Crippen MR) is 87.6 cm³/mol. The summed E-state index contributed by atoms with van der Waals surface area (Å²) in [5.41, 5.74) is -1.47. The number of Topliss-reactive ketones (excluding diaryl/α,β-unsaturated/α-hetero) is 1. The van der Waals surface area contributed by atoms with Gasteiger partial charge in [0.2, 0.25) is 0 Å². The Labute approximate surface area is 137 Å². The molecule has 0 bridgehead atoms. The van der Waals surface area contributed by atoms with Crippen LogP contribution in [0.3, 0.4) is 0 Å². The third-order valence-electron chi connectivity index (χ3n) is 3.69. The van der Waals surface area contributed by atoms with E-state index in [0.717, 1.165) is 0 Å². The van der Waals surface area contributed by atoms with Gasteiger partial charge in [0.1, 0.15) is 24.6 Å². The molecule has 0 amide bonds. The van der Waals surface area contributed by atoms with Gasteiger partial charge in [-0.15, -0.1) is 0 Å². The lowest BCUT2D eigenvalue weighted by Gasteiger charge is -2.20. The van der Waals surface area contributed by atoms with Crippen LogP contribution in [0.15, 0.2) is 24.3 Å². The van der Waals surface area contributed by atoms with E-state index in [2.05, 4.69) is 0 Å². The Morgan fingerprint density at radius 2 is 1.61 bits per heavy atom. The van der Waals surface area contributed by atoms with Gasteiger partial charge in [-0.05, 0) is 58.4 Å². The highest BCUT2D eigenvalue weighted by atomic mass is 16.6. The molecule has 0 saturated carbocycles. The van der Waals surface area contributed by atoms with Crippen LogP contribution in [-0.2, 0) is 9.53 Å². The second kappa shape index (κ2) is 7.59. The van der Waals surface area contributed by atoms with Crippen molar-refractivity contribution in [3.63, 3.8) is 0 Å². The van der Waals surface area contributed by atoms with Crippen molar-refractivity contribution < 1.29 is 24.2 Å². The maximum absolute atomic E-state index is 11.9. The van der Waals surface area contributed by atoms with Gasteiger partial charge in [-0.1, -0.05) is 6.92 Å². The molecule has 5 nitrogen and oxygen atoms in total. The molecular formula is C18H26O5. The van der Waals surface area contributed by atoms with E-state index in [9.17, 15) is 14.7 Å². The third kappa shape index (κ3) is 5.67. The van der Waals surface area contributed by atoms with Crippen LogP contribution in [0.2, 0.25) is 0 Å². The zero-order valence-electron chi connectivity index (χ0n) is 14.5. The molecule has 0 aliphatic heterocycles. The van der Waals surface area contributed by atoms with Crippen LogP contribution < -0.4 is 4.74 Å². The second-order valence-electron chi connectivity index (χ2n) is 6.63. The van der Waals surface area contributed by atoms with Gasteiger partial charge in [0.15, 0.2) is 5.78 Å². The first-order valence-electron chi connectivity index (χ1n) is 7.75. The summed E-state index contributed by atoms with van der Waals surface area (Å²) in [6.07, 6.45) is 0.712. The Kier molecular flexibility index (Phi) is 6.33. The van der Waals surface area contributed by atoms with Crippen LogP contribution in [0.5, 0.6) is 5.75 Å². The Morgan fingerprint density at radius 3 is 2.09 bits per heavy atom. The van der Waals surface area contributed by atoms with Gasteiger partial charge >= 0.3 is 5.97 Å². The molecule has 0 heterocycles. The number of ketones is 1. The van der Waals surface area contributed by atoms with Crippen LogP contribution >= 0.6 is 0 Å². The number of ether oxygens (including phenoxy) is 2. The fourth-order valence-electron chi connectivity index (χ4n) is 1.69. The van der Waals surface area contributed by atoms with Gasteiger partial charge in [0.25, 0.3) is 0 Å². The molecule has 0 atom stereocenters. The zero-order valence-corrected chi connectivity index (χ0v) is 14.5. The fraction of sp³-hybridized carbons (Fsp3) is 0.556. The Morgan fingerprint density at radius 1 is 1.04 bits per heavy atom. The molecule has 0 aromatic heterocycles. The van der Waals surface area contributed by atoms with Gasteiger partial charge in [0, 0.05) is 5.56 Å². The van der Waals surface area contributed by atoms with Crippen molar-refractivity contribution in [3.05, 3.63) is 29.8 Å². The number of carbonyl (C=O) groups is 2. The summed E-state index contributed by atoms with van der Waals surface area (Å²) in [6, 6.07) is 6.50. The molecule has 128 valence electrons. The molecule has 0 fully saturated rings. The Balaban J connectivity index is 2.46. The maximum atomic E-state index is 11.9. The maximum Gasteiger partial charge on any atom is 0.311 e. The monoisotopic (exact) mass is 322 g/mol. The quantitative estimate of drug-likeness (QED) is 0.452. The molecule has 0 radical (unpaired) electrons. The van der Waals surface area contributed by atoms with Crippen LogP contribution in [0.1, 0.15) is 51.4 Å². The number of esters is 1. The van der Waals surface area contributed by atoms with Crippen molar-refractivity contribution in [1.82, 2.24) is 0 Å². The summed E-state index contributed by atoms with van der Waals surface area (Å²) < 4.78 is 10.6. The van der Waals surface area contributed by atoms with Crippen molar-refractivity contribution >= 4 is 11.8 Å². The van der Waals surface area contributed by atoms with E-state index in [1.807, 2.05) is 20.8 Å². The molecule has 1 aromatic carbocycles. The highest BCUT2D eigenvalue weighted by Crippen LogP contribution is 2.21. The normalized spacial score (nSPS) is 11.9. The molecule has 0 aliphatic carbocycles. The summed E-state index contributed by atoms with van der Waals surface area (Å²) in [5.74, 6) is -0.0161. The van der Waals surface area contributed by atoms with E-state index in [0.29, 0.717) is 17.7 Å². The minimum atomic E-state index is -1.40. The molecular weight excluding hydrogens is 296 g/mol. The lowest BCUT2D eigenvalue weighted by atomic mass is 9.91. The highest BCUT2D eigenvalue weighted by molar-refractivity contribution is 6.01. The summed E-state index contributed by atoms with van der Waals surface area (Å²) in [7, 11) is 0. The first-order chi connectivity index (χ1) is 10.6. The number of aliphatic hydroxyl groups is 1. The van der Waals surface area contributed by atoms with E-state index in [1.165, 1.54) is 13.8 Å². The third-order valence-corrected chi connectivity index (χ3v) is 3.69. The Bertz CT molecular complexity index is 538. The summed E-state index contributed by atoms with van der Waals surface area (Å²) >= 11 is 0. The van der Waals surface area contributed by atoms with Crippen molar-refractivity contribution in [2.45, 2.75) is 46.6 Å². The first-order valence-corrected chi connectivity index (χ1v) is 7.75. The van der Waals surface area contributed by atoms with Crippen LogP contribution in [-0.4, -0.2) is 35.7 Å². The van der Waals surface area contributed by atoms with Crippen LogP contribution in [0.25, 0.3) is 0 Å². The molecule has 0 aliphatic rings. The van der Waals surface area contributed by atoms with Crippen molar-refractivity contribution in [2.75, 3.05) is 13.2 Å². The molecule has 1 aromatic rings. The average molecular weight is 322 g/mol. The van der Waals surface area contributed by atoms with Crippen molar-refractivity contribution in [3.8, 4) is 5.75 Å². The van der Waals surface area contributed by atoms with E-state index >= 15 is 0 Å². The highest BCUT2D eigenvalue weighted by Gasteiger charge is 2.27. The molecule has 5 heteroatoms. The summed E-state index contributed by atoms with van der Waals surface area (Å²) in [6.45, 7) is 8.94. The Hall–Kier alpha value is -1.88. The number of benzene rings is 1. The van der Waals surface area contributed by atoms with Gasteiger partial charge in [-0.25, -0.2) is 0 Å². The average Bonchev–Trinajstić information content (AvgIpc) is 2.50. The lowest BCUT2D eigenvalue weighted by Crippen LogP contribution is -2.31. The molecule has 23 heavy (non-hydrogen) atoms. The lowest BCUT2D eigenvalue weighted by molar-refractivity contribution is -0.154. The van der Waals surface area contributed by atoms with Crippen LogP contribution in [0.4, 0.5) is 0 Å². The smallest absolute Gasteiger partial charge is 0.311 e. The molecule has 1 rings (SSSR count). The summed E-state index contributed by atoms with van der Waals surface area (Å²) in [5, 5.41) is 9.69. The zero-order chi connectivity index (χ0) is 17.7. The fourth-order valence-corrected chi connectivity index (χ4v) is 1.69. The topological polar surface area (TPSA) is 72.8 Å². The number of hydrogen-bond acceptors (Lipinski definition) is 5. The van der Waals surface area contributed by atoms with Gasteiger partial charge in [0.05, 0.1) is 5.41 Å². The minimum Gasteiger partial charge on any atom is -0.490 e. The number of rotatable bonds is 8. The first kappa shape index (κ1) is 19.2. The van der Waals surface area contributed by atoms with Crippen LogP contribution in [0, 0.1) is 5.41 Å². The van der Waals surface area contributed by atoms with Gasteiger partial charge in [-0.3, -0.25) is 9.59 Å². The number of hydrogen-bond donors (Lipinski definition) is 1.